The normalized spacial score (nSPS) is 12.8. The van der Waals surface area contributed by atoms with E-state index in [-0.39, 0.29) is 12.6 Å². The SMILES string of the molecule is CCNc1nc(NC(CCO)C(C)C)c2ccsc2n1. The van der Waals surface area contributed by atoms with E-state index in [1.165, 1.54) is 0 Å². The molecule has 0 aromatic carbocycles. The highest BCUT2D eigenvalue weighted by Gasteiger charge is 2.16. The molecule has 2 rings (SSSR count). The van der Waals surface area contributed by atoms with Gasteiger partial charge >= 0.3 is 0 Å². The Morgan fingerprint density at radius 3 is 2.80 bits per heavy atom. The third-order valence-corrected chi connectivity index (χ3v) is 4.03. The third-order valence-electron chi connectivity index (χ3n) is 3.23. The zero-order chi connectivity index (χ0) is 14.5. The van der Waals surface area contributed by atoms with Crippen molar-refractivity contribution in [2.24, 2.45) is 5.92 Å². The van der Waals surface area contributed by atoms with E-state index in [9.17, 15) is 5.11 Å². The summed E-state index contributed by atoms with van der Waals surface area (Å²) >= 11 is 1.61. The van der Waals surface area contributed by atoms with Gasteiger partial charge in [0.25, 0.3) is 0 Å². The Balaban J connectivity index is 2.33. The van der Waals surface area contributed by atoms with Crippen LogP contribution in [0.3, 0.4) is 0 Å². The first-order chi connectivity index (χ1) is 9.65. The molecule has 1 atom stereocenters. The maximum Gasteiger partial charge on any atom is 0.226 e. The van der Waals surface area contributed by atoms with E-state index in [4.69, 9.17) is 0 Å². The summed E-state index contributed by atoms with van der Waals surface area (Å²) in [6, 6.07) is 2.24. The number of aromatic nitrogens is 2. The van der Waals surface area contributed by atoms with Gasteiger partial charge in [-0.05, 0) is 30.7 Å². The lowest BCUT2D eigenvalue weighted by Crippen LogP contribution is -2.27. The largest absolute Gasteiger partial charge is 0.396 e. The Labute approximate surface area is 123 Å². The maximum atomic E-state index is 9.19. The van der Waals surface area contributed by atoms with Gasteiger partial charge in [0, 0.05) is 19.2 Å². The summed E-state index contributed by atoms with van der Waals surface area (Å²) in [5, 5.41) is 18.9. The number of aliphatic hydroxyl groups excluding tert-OH is 1. The van der Waals surface area contributed by atoms with Gasteiger partial charge in [-0.3, -0.25) is 0 Å². The van der Waals surface area contributed by atoms with Crippen molar-refractivity contribution in [3.63, 3.8) is 0 Å². The Morgan fingerprint density at radius 2 is 2.15 bits per heavy atom. The number of hydrogen-bond acceptors (Lipinski definition) is 6. The maximum absolute atomic E-state index is 9.19. The second-order valence-corrected chi connectivity index (χ2v) is 5.97. The minimum absolute atomic E-state index is 0.174. The van der Waals surface area contributed by atoms with Crippen LogP contribution in [0.5, 0.6) is 0 Å². The summed E-state index contributed by atoms with van der Waals surface area (Å²) in [6.45, 7) is 7.28. The molecule has 6 heteroatoms. The first-order valence-corrected chi connectivity index (χ1v) is 7.90. The Kier molecular flexibility index (Phi) is 5.14. The van der Waals surface area contributed by atoms with Crippen molar-refractivity contribution in [2.75, 3.05) is 23.8 Å². The summed E-state index contributed by atoms with van der Waals surface area (Å²) in [5.41, 5.74) is 0. The summed E-state index contributed by atoms with van der Waals surface area (Å²) in [7, 11) is 0. The van der Waals surface area contributed by atoms with Crippen LogP contribution in [-0.2, 0) is 0 Å². The number of aliphatic hydroxyl groups is 1. The first kappa shape index (κ1) is 15.0. The van der Waals surface area contributed by atoms with Gasteiger partial charge in [-0.1, -0.05) is 13.8 Å². The van der Waals surface area contributed by atoms with Crippen molar-refractivity contribution >= 4 is 33.3 Å². The van der Waals surface area contributed by atoms with Crippen LogP contribution in [0.25, 0.3) is 10.2 Å². The molecule has 0 aliphatic heterocycles. The predicted octanol–water partition coefficient (Wildman–Crippen LogP) is 2.94. The molecule has 2 heterocycles. The molecule has 0 saturated heterocycles. The fraction of sp³-hybridized carbons (Fsp3) is 0.571. The van der Waals surface area contributed by atoms with E-state index >= 15 is 0 Å². The molecule has 20 heavy (non-hydrogen) atoms. The van der Waals surface area contributed by atoms with E-state index < -0.39 is 0 Å². The van der Waals surface area contributed by atoms with Crippen molar-refractivity contribution in [3.05, 3.63) is 11.4 Å². The minimum atomic E-state index is 0.174. The molecule has 3 N–H and O–H groups in total. The van der Waals surface area contributed by atoms with Crippen molar-refractivity contribution in [1.82, 2.24) is 9.97 Å². The van der Waals surface area contributed by atoms with Gasteiger partial charge in [-0.15, -0.1) is 11.3 Å². The smallest absolute Gasteiger partial charge is 0.226 e. The van der Waals surface area contributed by atoms with Gasteiger partial charge in [0.2, 0.25) is 5.95 Å². The average molecular weight is 294 g/mol. The molecule has 0 fully saturated rings. The zero-order valence-corrected chi connectivity index (χ0v) is 13.0. The van der Waals surface area contributed by atoms with Crippen LogP contribution in [0, 0.1) is 5.92 Å². The molecule has 5 nitrogen and oxygen atoms in total. The van der Waals surface area contributed by atoms with Gasteiger partial charge in [0.15, 0.2) is 0 Å². The molecule has 0 bridgehead atoms. The van der Waals surface area contributed by atoms with Crippen LogP contribution in [-0.4, -0.2) is 34.3 Å². The van der Waals surface area contributed by atoms with Gasteiger partial charge in [-0.25, -0.2) is 4.98 Å². The average Bonchev–Trinajstić information content (AvgIpc) is 2.86. The highest BCUT2D eigenvalue weighted by Crippen LogP contribution is 2.28. The Bertz CT molecular complexity index is 555. The van der Waals surface area contributed by atoms with Crippen LogP contribution in [0.15, 0.2) is 11.4 Å². The lowest BCUT2D eigenvalue weighted by Gasteiger charge is -2.22. The summed E-state index contributed by atoms with van der Waals surface area (Å²) < 4.78 is 0. The van der Waals surface area contributed by atoms with Crippen LogP contribution >= 0.6 is 11.3 Å². The molecule has 0 aliphatic carbocycles. The van der Waals surface area contributed by atoms with Crippen LogP contribution in [0.4, 0.5) is 11.8 Å². The number of rotatable bonds is 7. The number of anilines is 2. The van der Waals surface area contributed by atoms with Crippen molar-refractivity contribution < 1.29 is 5.11 Å². The lowest BCUT2D eigenvalue weighted by molar-refractivity contribution is 0.267. The van der Waals surface area contributed by atoms with E-state index in [0.717, 1.165) is 22.6 Å². The zero-order valence-electron chi connectivity index (χ0n) is 12.2. The monoisotopic (exact) mass is 294 g/mol. The summed E-state index contributed by atoms with van der Waals surface area (Å²) in [4.78, 5) is 10.0. The molecule has 1 unspecified atom stereocenters. The molecule has 2 aromatic heterocycles. The molecular weight excluding hydrogens is 272 g/mol. The molecule has 0 saturated carbocycles. The number of nitrogens with one attached hydrogen (secondary N) is 2. The molecule has 110 valence electrons. The van der Waals surface area contributed by atoms with E-state index in [0.29, 0.717) is 18.3 Å². The number of hydrogen-bond donors (Lipinski definition) is 3. The first-order valence-electron chi connectivity index (χ1n) is 7.02. The summed E-state index contributed by atoms with van der Waals surface area (Å²) in [5.74, 6) is 1.92. The number of nitrogens with zero attached hydrogens (tertiary/aromatic N) is 2. The summed E-state index contributed by atoms with van der Waals surface area (Å²) in [6.07, 6.45) is 0.712. The molecular formula is C14H22N4OS. The molecule has 2 aromatic rings. The second-order valence-electron chi connectivity index (χ2n) is 5.07. The van der Waals surface area contributed by atoms with E-state index in [1.807, 2.05) is 18.4 Å². The second kappa shape index (κ2) is 6.85. The van der Waals surface area contributed by atoms with E-state index in [2.05, 4.69) is 34.4 Å². The molecule has 0 radical (unpaired) electrons. The van der Waals surface area contributed by atoms with Gasteiger partial charge < -0.3 is 15.7 Å². The topological polar surface area (TPSA) is 70.1 Å². The van der Waals surface area contributed by atoms with Gasteiger partial charge in [0.1, 0.15) is 10.6 Å². The molecule has 0 spiro atoms. The van der Waals surface area contributed by atoms with Gasteiger partial charge in [0.05, 0.1) is 5.39 Å². The highest BCUT2D eigenvalue weighted by atomic mass is 32.1. The van der Waals surface area contributed by atoms with E-state index in [1.54, 1.807) is 11.3 Å². The minimum Gasteiger partial charge on any atom is -0.396 e. The quantitative estimate of drug-likeness (QED) is 0.732. The number of fused-ring (bicyclic) bond motifs is 1. The van der Waals surface area contributed by atoms with Crippen LogP contribution in [0.2, 0.25) is 0 Å². The van der Waals surface area contributed by atoms with Crippen molar-refractivity contribution in [3.8, 4) is 0 Å². The number of thiophene rings is 1. The Hall–Kier alpha value is -1.40. The Morgan fingerprint density at radius 1 is 1.35 bits per heavy atom. The van der Waals surface area contributed by atoms with Gasteiger partial charge in [-0.2, -0.15) is 4.98 Å². The third kappa shape index (κ3) is 3.37. The molecule has 0 amide bonds. The standard InChI is InChI=1S/C14H22N4OS/c1-4-15-14-17-12(10-6-8-20-13(10)18-14)16-11(5-7-19)9(2)3/h6,8-9,11,19H,4-5,7H2,1-3H3,(H2,15,16,17,18). The molecule has 0 aliphatic rings. The van der Waals surface area contributed by atoms with Crippen LogP contribution < -0.4 is 10.6 Å². The fourth-order valence-electron chi connectivity index (χ4n) is 2.09. The predicted molar refractivity (Wildman–Crippen MR) is 85.5 cm³/mol. The van der Waals surface area contributed by atoms with Crippen molar-refractivity contribution in [1.29, 1.82) is 0 Å². The highest BCUT2D eigenvalue weighted by molar-refractivity contribution is 7.16. The van der Waals surface area contributed by atoms with Crippen LogP contribution in [0.1, 0.15) is 27.2 Å². The fourth-order valence-corrected chi connectivity index (χ4v) is 2.85. The lowest BCUT2D eigenvalue weighted by atomic mass is 10.0. The van der Waals surface area contributed by atoms with Crippen molar-refractivity contribution in [2.45, 2.75) is 33.2 Å².